The summed E-state index contributed by atoms with van der Waals surface area (Å²) in [6, 6.07) is 15.0. The first-order valence-electron chi connectivity index (χ1n) is 9.67. The second kappa shape index (κ2) is 10.5. The summed E-state index contributed by atoms with van der Waals surface area (Å²) in [5.41, 5.74) is -1.81. The highest BCUT2D eigenvalue weighted by Gasteiger charge is 2.45. The Kier molecular flexibility index (Phi) is 8.26. The van der Waals surface area contributed by atoms with Gasteiger partial charge in [0.1, 0.15) is 0 Å². The van der Waals surface area contributed by atoms with Gasteiger partial charge in [0.25, 0.3) is 0 Å². The van der Waals surface area contributed by atoms with Gasteiger partial charge in [-0.1, -0.05) is 48.6 Å². The zero-order chi connectivity index (χ0) is 23.9. The first kappa shape index (κ1) is 25.2. The van der Waals surface area contributed by atoms with Crippen molar-refractivity contribution in [2.24, 2.45) is 10.3 Å². The molecule has 0 bridgehead atoms. The first-order chi connectivity index (χ1) is 14.9. The molecule has 0 saturated carbocycles. The molecule has 0 amide bonds. The summed E-state index contributed by atoms with van der Waals surface area (Å²) in [6.07, 6.45) is 7.36. The van der Waals surface area contributed by atoms with Crippen molar-refractivity contribution in [2.75, 3.05) is 38.0 Å². The van der Waals surface area contributed by atoms with E-state index >= 15 is 0 Å². The van der Waals surface area contributed by atoms with Gasteiger partial charge in [-0.25, -0.2) is 0 Å². The van der Waals surface area contributed by atoms with Crippen LogP contribution in [0.15, 0.2) is 65.1 Å². The molecule has 32 heavy (non-hydrogen) atoms. The Morgan fingerprint density at radius 3 is 1.47 bits per heavy atom. The van der Waals surface area contributed by atoms with Crippen LogP contribution < -0.4 is 9.80 Å². The number of allylic oxidation sites excluding steroid dienone is 2. The number of alkyl halides is 3. The van der Waals surface area contributed by atoms with E-state index in [1.54, 1.807) is 24.3 Å². The van der Waals surface area contributed by atoms with E-state index in [0.29, 0.717) is 0 Å². The first-order valence-corrected chi connectivity index (χ1v) is 11.1. The average Bonchev–Trinajstić information content (AvgIpc) is 2.73. The molecule has 2 aromatic rings. The van der Waals surface area contributed by atoms with Crippen molar-refractivity contribution in [1.82, 2.24) is 0 Å². The Morgan fingerprint density at radius 1 is 0.781 bits per heavy atom. The maximum atomic E-state index is 12.6. The van der Waals surface area contributed by atoms with Gasteiger partial charge < -0.3 is 9.80 Å². The average molecular weight is 466 g/mol. The van der Waals surface area contributed by atoms with Crippen LogP contribution in [0.25, 0.3) is 12.2 Å². The monoisotopic (exact) mass is 465 g/mol. The van der Waals surface area contributed by atoms with E-state index in [2.05, 4.69) is 4.40 Å². The van der Waals surface area contributed by atoms with Crippen LogP contribution in [-0.4, -0.2) is 48.3 Å². The third kappa shape index (κ3) is 7.26. The van der Waals surface area contributed by atoms with E-state index < -0.39 is 21.4 Å². The molecule has 1 unspecified atom stereocenters. The molecule has 0 heterocycles. The van der Waals surface area contributed by atoms with Gasteiger partial charge >= 0.3 is 15.5 Å². The highest BCUT2D eigenvalue weighted by Crippen LogP contribution is 2.25. The zero-order valence-electron chi connectivity index (χ0n) is 18.3. The fraction of sp³-hybridized carbons (Fsp3) is 0.261. The summed E-state index contributed by atoms with van der Waals surface area (Å²) < 4.78 is 63.4. The number of nitrogens with zero attached hydrogens (tertiary/aromatic N) is 3. The standard InChI is InChI=1S/C23H26F3N3O2S/c1-28(2)21-13-9-18(10-14-21)5-7-20(17-27-32(30,31)23(24,25)26)8-6-19-11-15-22(16-12-19)29(3)4/h5-17,20H,1-4H3/b7-5-,8-6+,27-17+. The lowest BCUT2D eigenvalue weighted by Gasteiger charge is -2.12. The third-order valence-corrected chi connectivity index (χ3v) is 5.49. The Balaban J connectivity index is 2.29. The molecular weight excluding hydrogens is 439 g/mol. The summed E-state index contributed by atoms with van der Waals surface area (Å²) in [6.45, 7) is 0. The van der Waals surface area contributed by atoms with Gasteiger partial charge in [-0.2, -0.15) is 26.0 Å². The van der Waals surface area contributed by atoms with E-state index in [-0.39, 0.29) is 0 Å². The molecule has 1 atom stereocenters. The van der Waals surface area contributed by atoms with Crippen molar-refractivity contribution in [3.63, 3.8) is 0 Å². The Labute approximate surface area is 187 Å². The highest BCUT2D eigenvalue weighted by atomic mass is 32.2. The summed E-state index contributed by atoms with van der Waals surface area (Å²) in [5, 5.41) is 0. The van der Waals surface area contributed by atoms with E-state index in [1.165, 1.54) is 0 Å². The van der Waals surface area contributed by atoms with Crippen molar-refractivity contribution in [3.8, 4) is 0 Å². The smallest absolute Gasteiger partial charge is 0.378 e. The number of hydrogen-bond acceptors (Lipinski definition) is 4. The minimum absolute atomic E-state index is 0.769. The Morgan fingerprint density at radius 2 is 1.16 bits per heavy atom. The summed E-state index contributed by atoms with van der Waals surface area (Å²) in [4.78, 5) is 3.88. The minimum atomic E-state index is -5.60. The fourth-order valence-electron chi connectivity index (χ4n) is 2.59. The number of sulfonamides is 1. The lowest BCUT2D eigenvalue weighted by molar-refractivity contribution is -0.0435. The van der Waals surface area contributed by atoms with E-state index in [0.717, 1.165) is 28.7 Å². The molecule has 0 N–H and O–H groups in total. The second-order valence-corrected chi connectivity index (χ2v) is 9.07. The molecular formula is C23H26F3N3O2S. The van der Waals surface area contributed by atoms with Crippen LogP contribution in [-0.2, 0) is 10.0 Å². The zero-order valence-corrected chi connectivity index (χ0v) is 19.1. The van der Waals surface area contributed by atoms with Crippen LogP contribution in [0.1, 0.15) is 11.1 Å². The molecule has 172 valence electrons. The van der Waals surface area contributed by atoms with Crippen LogP contribution >= 0.6 is 0 Å². The predicted octanol–water partition coefficient (Wildman–Crippen LogP) is 5.08. The van der Waals surface area contributed by atoms with E-state index in [4.69, 9.17) is 0 Å². The van der Waals surface area contributed by atoms with Crippen molar-refractivity contribution in [3.05, 3.63) is 71.8 Å². The number of hydrogen-bond donors (Lipinski definition) is 0. The maximum absolute atomic E-state index is 12.6. The molecule has 0 aliphatic heterocycles. The SMILES string of the molecule is CN(C)c1ccc(/C=C\C(/C=C/c2ccc(N(C)C)cc2)/C=N/S(=O)(=O)C(F)(F)F)cc1. The topological polar surface area (TPSA) is 53.0 Å². The molecule has 2 aromatic carbocycles. The lowest BCUT2D eigenvalue weighted by Crippen LogP contribution is -2.21. The van der Waals surface area contributed by atoms with Gasteiger partial charge in [0, 0.05) is 51.7 Å². The number of halogens is 3. The third-order valence-electron chi connectivity index (χ3n) is 4.51. The molecule has 5 nitrogen and oxygen atoms in total. The van der Waals surface area contributed by atoms with Crippen LogP contribution in [0.2, 0.25) is 0 Å². The van der Waals surface area contributed by atoms with Crippen molar-refractivity contribution in [1.29, 1.82) is 0 Å². The summed E-state index contributed by atoms with van der Waals surface area (Å²) in [5.74, 6) is -0.769. The van der Waals surface area contributed by atoms with Crippen LogP contribution in [0.3, 0.4) is 0 Å². The van der Waals surface area contributed by atoms with Gasteiger partial charge in [-0.05, 0) is 35.4 Å². The molecule has 0 spiro atoms. The normalized spacial score (nSPS) is 13.8. The number of anilines is 2. The molecule has 2 rings (SSSR count). The molecule has 0 aliphatic rings. The largest absolute Gasteiger partial charge is 0.518 e. The molecule has 0 fully saturated rings. The summed E-state index contributed by atoms with van der Waals surface area (Å²) in [7, 11) is 2.05. The van der Waals surface area contributed by atoms with Gasteiger partial charge in [-0.3, -0.25) is 0 Å². The summed E-state index contributed by atoms with van der Waals surface area (Å²) >= 11 is 0. The molecule has 0 radical (unpaired) electrons. The Hall–Kier alpha value is -3.07. The highest BCUT2D eigenvalue weighted by molar-refractivity contribution is 7.91. The van der Waals surface area contributed by atoms with Crippen molar-refractivity contribution < 1.29 is 21.6 Å². The van der Waals surface area contributed by atoms with Gasteiger partial charge in [-0.15, -0.1) is 0 Å². The molecule has 9 heteroatoms. The van der Waals surface area contributed by atoms with Crippen LogP contribution in [0.4, 0.5) is 24.5 Å². The van der Waals surface area contributed by atoms with Crippen LogP contribution in [0, 0.1) is 5.92 Å². The number of rotatable bonds is 8. The van der Waals surface area contributed by atoms with Gasteiger partial charge in [0.2, 0.25) is 0 Å². The minimum Gasteiger partial charge on any atom is -0.378 e. The van der Waals surface area contributed by atoms with Crippen molar-refractivity contribution >= 4 is 39.8 Å². The van der Waals surface area contributed by atoms with Crippen LogP contribution in [0.5, 0.6) is 0 Å². The quantitative estimate of drug-likeness (QED) is 0.510. The molecule has 0 aromatic heterocycles. The van der Waals surface area contributed by atoms with Crippen molar-refractivity contribution in [2.45, 2.75) is 5.51 Å². The Bertz CT molecular complexity index is 1010. The maximum Gasteiger partial charge on any atom is 0.518 e. The van der Waals surface area contributed by atoms with E-state index in [9.17, 15) is 21.6 Å². The number of benzene rings is 2. The molecule has 0 aliphatic carbocycles. The second-order valence-electron chi connectivity index (χ2n) is 7.44. The lowest BCUT2D eigenvalue weighted by atomic mass is 10.1. The predicted molar refractivity (Wildman–Crippen MR) is 127 cm³/mol. The van der Waals surface area contributed by atoms with Gasteiger partial charge in [0.15, 0.2) is 0 Å². The molecule has 0 saturated heterocycles. The van der Waals surface area contributed by atoms with E-state index in [1.807, 2.05) is 86.5 Å². The van der Waals surface area contributed by atoms with Gasteiger partial charge in [0.05, 0.1) is 0 Å². The fourth-order valence-corrected chi connectivity index (χ4v) is 3.01.